The maximum Gasteiger partial charge on any atom is 0.319 e. The average molecular weight is 418 g/mol. The first kappa shape index (κ1) is 19.2. The number of morpholine rings is 1. The van der Waals surface area contributed by atoms with Crippen LogP contribution in [0.1, 0.15) is 57.3 Å². The van der Waals surface area contributed by atoms with E-state index >= 15 is 0 Å². The lowest BCUT2D eigenvalue weighted by atomic mass is 9.74. The Hall–Kier alpha value is -1.76. The summed E-state index contributed by atoms with van der Waals surface area (Å²) < 4.78 is 12.3. The van der Waals surface area contributed by atoms with Crippen LogP contribution in [0.3, 0.4) is 0 Å². The molecular formula is C22H28ClN3O3. The molecule has 5 rings (SSSR count). The van der Waals surface area contributed by atoms with Crippen molar-refractivity contribution in [3.05, 3.63) is 28.5 Å². The van der Waals surface area contributed by atoms with Crippen LogP contribution in [0.4, 0.5) is 10.5 Å². The van der Waals surface area contributed by atoms with Crippen molar-refractivity contribution in [2.24, 2.45) is 0 Å². The summed E-state index contributed by atoms with van der Waals surface area (Å²) in [5.41, 5.74) is 2.19. The van der Waals surface area contributed by atoms with E-state index in [-0.39, 0.29) is 18.2 Å². The normalized spacial score (nSPS) is 26.9. The molecular weight excluding hydrogens is 390 g/mol. The van der Waals surface area contributed by atoms with E-state index in [2.05, 4.69) is 35.4 Å². The standard InChI is InChI=1S/C22H28ClN3O3/c1-13-10-26(11-14(2)28-13)12-16-8-15-9-17(23)19-18(20(15)29-16)22(25-21(27)24-19)6-4-3-5-7-22/h8-9,13-14H,3-7,10-12H2,1-2H3,(H2,24,25,27)/t13-,14-/m1/s1. The number of carbonyl (C=O) groups excluding carboxylic acids is 1. The molecule has 1 saturated carbocycles. The third-order valence-corrected chi connectivity index (χ3v) is 6.76. The van der Waals surface area contributed by atoms with Crippen molar-refractivity contribution in [3.8, 4) is 0 Å². The van der Waals surface area contributed by atoms with E-state index in [1.807, 2.05) is 6.07 Å². The van der Waals surface area contributed by atoms with Gasteiger partial charge >= 0.3 is 6.03 Å². The first-order chi connectivity index (χ1) is 13.9. The van der Waals surface area contributed by atoms with Crippen LogP contribution in [0.5, 0.6) is 0 Å². The molecule has 2 fully saturated rings. The number of hydrogen-bond donors (Lipinski definition) is 2. The molecule has 3 aliphatic rings. The molecule has 29 heavy (non-hydrogen) atoms. The lowest BCUT2D eigenvalue weighted by Crippen LogP contribution is -2.52. The SMILES string of the molecule is C[C@@H]1CN(Cc2cc3cc(Cl)c4c(c3o2)C2(CCCCC2)NC(=O)N4)C[C@@H](C)O1. The van der Waals surface area contributed by atoms with Crippen molar-refractivity contribution < 1.29 is 13.9 Å². The molecule has 2 atom stereocenters. The van der Waals surface area contributed by atoms with Crippen molar-refractivity contribution in [2.75, 3.05) is 18.4 Å². The topological polar surface area (TPSA) is 66.7 Å². The Labute approximate surface area is 175 Å². The Bertz CT molecular complexity index is 940. The highest BCUT2D eigenvalue weighted by Gasteiger charge is 2.43. The number of ether oxygens (including phenoxy) is 1. The van der Waals surface area contributed by atoms with E-state index in [9.17, 15) is 4.79 Å². The highest BCUT2D eigenvalue weighted by Crippen LogP contribution is 2.49. The van der Waals surface area contributed by atoms with Gasteiger partial charge in [-0.2, -0.15) is 0 Å². The van der Waals surface area contributed by atoms with Crippen molar-refractivity contribution in [1.82, 2.24) is 10.2 Å². The number of nitrogens with zero attached hydrogens (tertiary/aromatic N) is 1. The summed E-state index contributed by atoms with van der Waals surface area (Å²) in [6.45, 7) is 6.74. The van der Waals surface area contributed by atoms with Gasteiger partial charge < -0.3 is 19.8 Å². The molecule has 1 aromatic carbocycles. The summed E-state index contributed by atoms with van der Waals surface area (Å²) >= 11 is 6.62. The predicted octanol–water partition coefficient (Wildman–Crippen LogP) is 4.99. The Morgan fingerprint density at radius 1 is 1.17 bits per heavy atom. The summed E-state index contributed by atoms with van der Waals surface area (Å²) in [5.74, 6) is 0.925. The third kappa shape index (κ3) is 3.41. The molecule has 3 heterocycles. The summed E-state index contributed by atoms with van der Waals surface area (Å²) in [4.78, 5) is 14.8. The zero-order chi connectivity index (χ0) is 20.2. The highest BCUT2D eigenvalue weighted by molar-refractivity contribution is 6.35. The van der Waals surface area contributed by atoms with Gasteiger partial charge in [-0.1, -0.05) is 30.9 Å². The number of urea groups is 1. The van der Waals surface area contributed by atoms with Crippen LogP contribution >= 0.6 is 11.6 Å². The van der Waals surface area contributed by atoms with Crippen LogP contribution in [0.15, 0.2) is 16.5 Å². The van der Waals surface area contributed by atoms with E-state index in [1.54, 1.807) is 0 Å². The number of carbonyl (C=O) groups is 1. The Kier molecular flexibility index (Phi) is 4.76. The Morgan fingerprint density at radius 3 is 2.62 bits per heavy atom. The maximum atomic E-state index is 12.4. The van der Waals surface area contributed by atoms with Gasteiger partial charge in [0, 0.05) is 24.0 Å². The molecule has 1 aliphatic carbocycles. The lowest BCUT2D eigenvalue weighted by molar-refractivity contribution is -0.0717. The molecule has 1 spiro atoms. The van der Waals surface area contributed by atoms with Gasteiger partial charge in [0.2, 0.25) is 0 Å². The number of nitrogens with one attached hydrogen (secondary N) is 2. The summed E-state index contributed by atoms with van der Waals surface area (Å²) in [7, 11) is 0. The van der Waals surface area contributed by atoms with E-state index in [0.29, 0.717) is 10.7 Å². The van der Waals surface area contributed by atoms with Crippen LogP contribution in [0, 0.1) is 0 Å². The van der Waals surface area contributed by atoms with Crippen LogP contribution in [0.25, 0.3) is 11.0 Å². The second-order valence-corrected chi connectivity index (χ2v) is 9.32. The van der Waals surface area contributed by atoms with Gasteiger partial charge in [-0.3, -0.25) is 4.90 Å². The molecule has 6 nitrogen and oxygen atoms in total. The number of amides is 2. The molecule has 2 aliphatic heterocycles. The monoisotopic (exact) mass is 417 g/mol. The number of rotatable bonds is 2. The first-order valence-electron chi connectivity index (χ1n) is 10.7. The van der Waals surface area contributed by atoms with Crippen LogP contribution in [-0.2, 0) is 16.8 Å². The van der Waals surface area contributed by atoms with Gasteiger partial charge in [0.05, 0.1) is 35.0 Å². The van der Waals surface area contributed by atoms with Gasteiger partial charge in [-0.15, -0.1) is 0 Å². The van der Waals surface area contributed by atoms with Crippen molar-refractivity contribution >= 4 is 34.3 Å². The molecule has 1 aromatic heterocycles. The van der Waals surface area contributed by atoms with E-state index in [1.165, 1.54) is 6.42 Å². The molecule has 2 N–H and O–H groups in total. The molecule has 2 aromatic rings. The minimum Gasteiger partial charge on any atom is -0.459 e. The van der Waals surface area contributed by atoms with Crippen molar-refractivity contribution in [3.63, 3.8) is 0 Å². The smallest absolute Gasteiger partial charge is 0.319 e. The number of anilines is 1. The number of halogens is 1. The van der Waals surface area contributed by atoms with Crippen molar-refractivity contribution in [2.45, 2.75) is 70.2 Å². The molecule has 2 amide bonds. The molecule has 156 valence electrons. The van der Waals surface area contributed by atoms with Gasteiger partial charge in [0.1, 0.15) is 11.3 Å². The van der Waals surface area contributed by atoms with E-state index in [0.717, 1.165) is 67.6 Å². The van der Waals surface area contributed by atoms with Gasteiger partial charge in [-0.25, -0.2) is 4.79 Å². The molecule has 0 unspecified atom stereocenters. The quantitative estimate of drug-likeness (QED) is 0.722. The minimum absolute atomic E-state index is 0.177. The van der Waals surface area contributed by atoms with Crippen LogP contribution in [0.2, 0.25) is 5.02 Å². The molecule has 1 saturated heterocycles. The third-order valence-electron chi connectivity index (χ3n) is 6.46. The summed E-state index contributed by atoms with van der Waals surface area (Å²) in [6.07, 6.45) is 5.64. The number of benzene rings is 1. The van der Waals surface area contributed by atoms with Gasteiger partial charge in [0.25, 0.3) is 0 Å². The van der Waals surface area contributed by atoms with Gasteiger partial charge in [-0.05, 0) is 38.8 Å². The second-order valence-electron chi connectivity index (χ2n) is 8.91. The second kappa shape index (κ2) is 7.18. The summed E-state index contributed by atoms with van der Waals surface area (Å²) in [6, 6.07) is 3.83. The van der Waals surface area contributed by atoms with Crippen LogP contribution < -0.4 is 10.6 Å². The maximum absolute atomic E-state index is 12.4. The zero-order valence-electron chi connectivity index (χ0n) is 17.0. The largest absolute Gasteiger partial charge is 0.459 e. The van der Waals surface area contributed by atoms with E-state index in [4.69, 9.17) is 20.8 Å². The fourth-order valence-corrected chi connectivity index (χ4v) is 5.71. The number of hydrogen-bond acceptors (Lipinski definition) is 4. The Morgan fingerprint density at radius 2 is 1.90 bits per heavy atom. The summed E-state index contributed by atoms with van der Waals surface area (Å²) in [5, 5.41) is 7.72. The van der Waals surface area contributed by atoms with Crippen LogP contribution in [-0.4, -0.2) is 36.2 Å². The van der Waals surface area contributed by atoms with Crippen molar-refractivity contribution in [1.29, 1.82) is 0 Å². The first-order valence-corrected chi connectivity index (χ1v) is 11.0. The zero-order valence-corrected chi connectivity index (χ0v) is 17.8. The lowest BCUT2D eigenvalue weighted by Gasteiger charge is -2.42. The Balaban J connectivity index is 1.56. The number of furan rings is 1. The molecule has 0 radical (unpaired) electrons. The minimum atomic E-state index is -0.393. The highest BCUT2D eigenvalue weighted by atomic mass is 35.5. The fraction of sp³-hybridized carbons (Fsp3) is 0.591. The molecule has 0 bridgehead atoms. The predicted molar refractivity (Wildman–Crippen MR) is 113 cm³/mol. The van der Waals surface area contributed by atoms with E-state index < -0.39 is 5.54 Å². The molecule has 7 heteroatoms. The fourth-order valence-electron chi connectivity index (χ4n) is 5.45. The van der Waals surface area contributed by atoms with Gasteiger partial charge in [0.15, 0.2) is 0 Å². The average Bonchev–Trinajstić information content (AvgIpc) is 3.03. The number of fused-ring (bicyclic) bond motifs is 4.